The highest BCUT2D eigenvalue weighted by molar-refractivity contribution is 7.22. The van der Waals surface area contributed by atoms with Crippen LogP contribution in [0.25, 0.3) is 21.5 Å². The number of amides is 1. The van der Waals surface area contributed by atoms with E-state index in [1.54, 1.807) is 24.3 Å². The molecule has 0 fully saturated rings. The molecule has 1 aliphatic rings. The number of rotatable bonds is 3. The van der Waals surface area contributed by atoms with Crippen molar-refractivity contribution < 1.29 is 23.2 Å². The first-order chi connectivity index (χ1) is 13.7. The van der Waals surface area contributed by atoms with E-state index in [9.17, 15) is 9.18 Å². The van der Waals surface area contributed by atoms with E-state index in [4.69, 9.17) is 14.0 Å². The van der Waals surface area contributed by atoms with E-state index in [2.05, 4.69) is 15.5 Å². The van der Waals surface area contributed by atoms with Gasteiger partial charge in [0.25, 0.3) is 5.91 Å². The Hall–Kier alpha value is -3.46. The molecule has 1 aliphatic heterocycles. The third-order valence-electron chi connectivity index (χ3n) is 4.14. The Bertz CT molecular complexity index is 1200. The van der Waals surface area contributed by atoms with Crippen molar-refractivity contribution in [3.8, 4) is 22.8 Å². The number of carbonyl (C=O) groups excluding carboxylic acids is 1. The summed E-state index contributed by atoms with van der Waals surface area (Å²) in [7, 11) is 0. The van der Waals surface area contributed by atoms with Gasteiger partial charge in [-0.25, -0.2) is 9.37 Å². The van der Waals surface area contributed by atoms with Gasteiger partial charge in [0, 0.05) is 11.6 Å². The number of benzene rings is 2. The van der Waals surface area contributed by atoms with Crippen LogP contribution in [0.2, 0.25) is 0 Å². The summed E-state index contributed by atoms with van der Waals surface area (Å²) >= 11 is 1.18. The molecule has 2 aromatic heterocycles. The molecule has 4 aromatic rings. The highest BCUT2D eigenvalue weighted by atomic mass is 32.1. The average Bonchev–Trinajstić information content (AvgIpc) is 3.34. The number of nitrogens with one attached hydrogen (secondary N) is 1. The maximum absolute atomic E-state index is 13.3. The molecule has 140 valence electrons. The molecular weight excluding hydrogens is 385 g/mol. The van der Waals surface area contributed by atoms with Crippen molar-refractivity contribution in [2.75, 3.05) is 18.5 Å². The first kappa shape index (κ1) is 16.7. The van der Waals surface area contributed by atoms with Crippen LogP contribution in [0.15, 0.2) is 47.0 Å². The third-order valence-corrected chi connectivity index (χ3v) is 5.07. The number of nitrogens with zero attached hydrogens (tertiary/aromatic N) is 2. The molecule has 1 amide bonds. The summed E-state index contributed by atoms with van der Waals surface area (Å²) in [4.78, 5) is 16.7. The Balaban J connectivity index is 1.37. The number of thiazole rings is 1. The molecular formula is C19H12FN3O4S. The zero-order valence-electron chi connectivity index (χ0n) is 14.3. The first-order valence-corrected chi connectivity index (χ1v) is 9.21. The maximum atomic E-state index is 13.3. The fourth-order valence-electron chi connectivity index (χ4n) is 2.83. The monoisotopic (exact) mass is 397 g/mol. The molecule has 0 aliphatic carbocycles. The van der Waals surface area contributed by atoms with Crippen molar-refractivity contribution in [3.63, 3.8) is 0 Å². The molecule has 9 heteroatoms. The van der Waals surface area contributed by atoms with Crippen LogP contribution in [0.1, 0.15) is 10.5 Å². The second-order valence-electron chi connectivity index (χ2n) is 6.02. The summed E-state index contributed by atoms with van der Waals surface area (Å²) in [6.07, 6.45) is 0. The lowest BCUT2D eigenvalue weighted by atomic mass is 10.1. The summed E-state index contributed by atoms with van der Waals surface area (Å²) in [5.41, 5.74) is 1.43. The van der Waals surface area contributed by atoms with E-state index in [1.165, 1.54) is 29.5 Å². The summed E-state index contributed by atoms with van der Waals surface area (Å²) in [5, 5.41) is 6.84. The SMILES string of the molecule is O=C(Nc1nc2ccc(F)cc2s1)c1cc(-c2ccc3c(c2)OCCO3)on1. The van der Waals surface area contributed by atoms with Crippen LogP contribution >= 0.6 is 11.3 Å². The largest absolute Gasteiger partial charge is 0.486 e. The molecule has 1 N–H and O–H groups in total. The molecule has 0 radical (unpaired) electrons. The zero-order valence-corrected chi connectivity index (χ0v) is 15.1. The molecule has 0 bridgehead atoms. The predicted octanol–water partition coefficient (Wildman–Crippen LogP) is 4.11. The van der Waals surface area contributed by atoms with Crippen molar-refractivity contribution in [1.29, 1.82) is 0 Å². The van der Waals surface area contributed by atoms with Gasteiger partial charge in [-0.1, -0.05) is 16.5 Å². The zero-order chi connectivity index (χ0) is 19.1. The second kappa shape index (κ2) is 6.61. The number of fused-ring (bicyclic) bond motifs is 2. The quantitative estimate of drug-likeness (QED) is 0.560. The predicted molar refractivity (Wildman–Crippen MR) is 100 cm³/mol. The topological polar surface area (TPSA) is 86.5 Å². The minimum absolute atomic E-state index is 0.107. The third kappa shape index (κ3) is 3.05. The molecule has 5 rings (SSSR count). The summed E-state index contributed by atoms with van der Waals surface area (Å²) < 4.78 is 30.3. The Kier molecular flexibility index (Phi) is 3.94. The van der Waals surface area contributed by atoms with Gasteiger partial charge in [0.1, 0.15) is 19.0 Å². The van der Waals surface area contributed by atoms with Gasteiger partial charge in [-0.3, -0.25) is 10.1 Å². The lowest BCUT2D eigenvalue weighted by molar-refractivity contribution is 0.101. The molecule has 7 nitrogen and oxygen atoms in total. The van der Waals surface area contributed by atoms with E-state index >= 15 is 0 Å². The summed E-state index contributed by atoms with van der Waals surface area (Å²) in [6, 6.07) is 11.2. The van der Waals surface area contributed by atoms with Crippen molar-refractivity contribution in [3.05, 3.63) is 54.0 Å². The minimum atomic E-state index is -0.466. The molecule has 3 heterocycles. The van der Waals surface area contributed by atoms with E-state index in [0.717, 1.165) is 0 Å². The van der Waals surface area contributed by atoms with E-state index in [0.29, 0.717) is 51.4 Å². The van der Waals surface area contributed by atoms with Crippen molar-refractivity contribution >= 4 is 32.6 Å². The fraction of sp³-hybridized carbons (Fsp3) is 0.105. The average molecular weight is 397 g/mol. The minimum Gasteiger partial charge on any atom is -0.486 e. The lowest BCUT2D eigenvalue weighted by Gasteiger charge is -2.18. The normalized spacial score (nSPS) is 12.9. The van der Waals surface area contributed by atoms with Crippen molar-refractivity contribution in [1.82, 2.24) is 10.1 Å². The Labute approximate surface area is 161 Å². The van der Waals surface area contributed by atoms with Crippen LogP contribution in [0, 0.1) is 5.82 Å². The van der Waals surface area contributed by atoms with Gasteiger partial charge in [0.2, 0.25) is 0 Å². The first-order valence-electron chi connectivity index (χ1n) is 8.40. The number of ether oxygens (including phenoxy) is 2. The van der Waals surface area contributed by atoms with Crippen molar-refractivity contribution in [2.45, 2.75) is 0 Å². The fourth-order valence-corrected chi connectivity index (χ4v) is 3.71. The molecule has 0 spiro atoms. The summed E-state index contributed by atoms with van der Waals surface area (Å²) in [6.45, 7) is 0.990. The van der Waals surface area contributed by atoms with Gasteiger partial charge in [-0.15, -0.1) is 0 Å². The van der Waals surface area contributed by atoms with E-state index < -0.39 is 5.91 Å². The number of hydrogen-bond donors (Lipinski definition) is 1. The number of halogens is 1. The van der Waals surface area contributed by atoms with Crippen LogP contribution in [-0.2, 0) is 0 Å². The lowest BCUT2D eigenvalue weighted by Crippen LogP contribution is -2.15. The molecule has 0 unspecified atom stereocenters. The Morgan fingerprint density at radius 2 is 1.93 bits per heavy atom. The Morgan fingerprint density at radius 1 is 1.07 bits per heavy atom. The number of aromatic nitrogens is 2. The molecule has 2 aromatic carbocycles. The number of carbonyl (C=O) groups is 1. The highest BCUT2D eigenvalue weighted by Crippen LogP contribution is 2.35. The van der Waals surface area contributed by atoms with Gasteiger partial charge >= 0.3 is 0 Å². The number of anilines is 1. The molecule has 0 saturated heterocycles. The van der Waals surface area contributed by atoms with Crippen LogP contribution in [0.4, 0.5) is 9.52 Å². The second-order valence-corrected chi connectivity index (χ2v) is 7.05. The number of hydrogen-bond acceptors (Lipinski definition) is 7. The maximum Gasteiger partial charge on any atom is 0.279 e. The van der Waals surface area contributed by atoms with Gasteiger partial charge in [0.15, 0.2) is 28.1 Å². The van der Waals surface area contributed by atoms with Crippen molar-refractivity contribution in [2.24, 2.45) is 0 Å². The molecule has 0 saturated carbocycles. The molecule has 28 heavy (non-hydrogen) atoms. The standard InChI is InChI=1S/C19H12FN3O4S/c20-11-2-3-12-17(8-11)28-19(21-12)22-18(24)13-9-15(27-23-13)10-1-4-14-16(7-10)26-6-5-25-14/h1-4,7-9H,5-6H2,(H,21,22,24). The van der Waals surface area contributed by atoms with E-state index in [-0.39, 0.29) is 11.5 Å². The van der Waals surface area contributed by atoms with Gasteiger partial charge < -0.3 is 14.0 Å². The van der Waals surface area contributed by atoms with Gasteiger partial charge in [-0.2, -0.15) is 0 Å². The van der Waals surface area contributed by atoms with Crippen LogP contribution in [0.5, 0.6) is 11.5 Å². The highest BCUT2D eigenvalue weighted by Gasteiger charge is 2.18. The van der Waals surface area contributed by atoms with Crippen LogP contribution < -0.4 is 14.8 Å². The smallest absolute Gasteiger partial charge is 0.279 e. The van der Waals surface area contributed by atoms with Crippen LogP contribution in [0.3, 0.4) is 0 Å². The van der Waals surface area contributed by atoms with Crippen LogP contribution in [-0.4, -0.2) is 29.3 Å². The van der Waals surface area contributed by atoms with Gasteiger partial charge in [0.05, 0.1) is 10.2 Å². The Morgan fingerprint density at radius 3 is 2.82 bits per heavy atom. The van der Waals surface area contributed by atoms with E-state index in [1.807, 2.05) is 0 Å². The van der Waals surface area contributed by atoms with Gasteiger partial charge in [-0.05, 0) is 36.4 Å². The summed E-state index contributed by atoms with van der Waals surface area (Å²) in [5.74, 6) is 0.891. The molecule has 0 atom stereocenters.